The van der Waals surface area contributed by atoms with Crippen molar-refractivity contribution in [2.24, 2.45) is 7.05 Å². The molecule has 2 aromatic carbocycles. The summed E-state index contributed by atoms with van der Waals surface area (Å²) in [7, 11) is 1.03. The van der Waals surface area contributed by atoms with Crippen LogP contribution in [0.5, 0.6) is 11.6 Å². The van der Waals surface area contributed by atoms with Gasteiger partial charge in [0, 0.05) is 29.7 Å². The second-order valence-corrected chi connectivity index (χ2v) is 9.56. The molecule has 0 aliphatic carbocycles. The molecule has 0 saturated heterocycles. The quantitative estimate of drug-likeness (QED) is 0.390. The molecule has 0 N–H and O–H groups in total. The van der Waals surface area contributed by atoms with E-state index >= 15 is 0 Å². The van der Waals surface area contributed by atoms with Crippen LogP contribution in [-0.4, -0.2) is 41.1 Å². The number of rotatable bonds is 5. The first kappa shape index (κ1) is 21.0. The Morgan fingerprint density at radius 2 is 1.67 bits per heavy atom. The molecule has 0 unspecified atom stereocenters. The fraction of sp³-hybridized carbons (Fsp3) is 0.167. The third-order valence-electron chi connectivity index (χ3n) is 5.74. The fourth-order valence-electron chi connectivity index (χ4n) is 4.08. The van der Waals surface area contributed by atoms with Crippen molar-refractivity contribution in [1.82, 2.24) is 18.5 Å². The topological polar surface area (TPSA) is 88.2 Å². The summed E-state index contributed by atoms with van der Waals surface area (Å²) in [5.74, 6) is 0.980. The van der Waals surface area contributed by atoms with Gasteiger partial charge in [0.15, 0.2) is 5.65 Å². The summed E-state index contributed by atoms with van der Waals surface area (Å²) in [4.78, 5) is 8.66. The van der Waals surface area contributed by atoms with E-state index in [4.69, 9.17) is 9.47 Å². The van der Waals surface area contributed by atoms with E-state index in [-0.39, 0.29) is 10.5 Å². The van der Waals surface area contributed by atoms with Gasteiger partial charge in [-0.15, -0.1) is 0 Å². The zero-order valence-electron chi connectivity index (χ0n) is 18.6. The highest BCUT2D eigenvalue weighted by Gasteiger charge is 2.28. The van der Waals surface area contributed by atoms with Crippen molar-refractivity contribution in [2.75, 3.05) is 14.2 Å². The van der Waals surface area contributed by atoms with Crippen LogP contribution in [0.15, 0.2) is 66.0 Å². The Morgan fingerprint density at radius 1 is 0.909 bits per heavy atom. The molecule has 0 spiro atoms. The number of aromatic nitrogens is 4. The van der Waals surface area contributed by atoms with E-state index < -0.39 is 10.0 Å². The molecule has 3 heterocycles. The zero-order chi connectivity index (χ0) is 23.3. The highest BCUT2D eigenvalue weighted by Crippen LogP contribution is 2.39. The van der Waals surface area contributed by atoms with Gasteiger partial charge in [-0.05, 0) is 43.3 Å². The second kappa shape index (κ2) is 7.63. The number of aryl methyl sites for hydroxylation is 2. The van der Waals surface area contributed by atoms with E-state index in [1.54, 1.807) is 37.4 Å². The minimum Gasteiger partial charge on any atom is -0.497 e. The van der Waals surface area contributed by atoms with Crippen LogP contribution < -0.4 is 9.47 Å². The lowest BCUT2D eigenvalue weighted by atomic mass is 10.1. The highest BCUT2D eigenvalue weighted by molar-refractivity contribution is 7.90. The van der Waals surface area contributed by atoms with E-state index in [9.17, 15) is 8.42 Å². The minimum atomic E-state index is -3.99. The van der Waals surface area contributed by atoms with E-state index in [0.29, 0.717) is 22.7 Å². The SMILES string of the molecule is COc1ccc2c(c1)c(-c1cc3c(OC)ncnc3n1S(=O)(=O)c1ccc(C)cc1)cn2C. The summed E-state index contributed by atoms with van der Waals surface area (Å²) in [5, 5.41) is 1.36. The van der Waals surface area contributed by atoms with Crippen molar-refractivity contribution >= 4 is 32.0 Å². The molecule has 0 radical (unpaired) electrons. The van der Waals surface area contributed by atoms with Gasteiger partial charge in [0.2, 0.25) is 5.88 Å². The molecule has 8 nitrogen and oxygen atoms in total. The Balaban J connectivity index is 1.90. The molecule has 0 fully saturated rings. The molecular formula is C24H22N4O4S. The van der Waals surface area contributed by atoms with E-state index in [0.717, 1.165) is 22.0 Å². The van der Waals surface area contributed by atoms with Gasteiger partial charge in [0.05, 0.1) is 30.2 Å². The van der Waals surface area contributed by atoms with Gasteiger partial charge < -0.3 is 14.0 Å². The molecule has 0 atom stereocenters. The molecule has 168 valence electrons. The van der Waals surface area contributed by atoms with E-state index in [1.807, 2.05) is 42.9 Å². The van der Waals surface area contributed by atoms with Gasteiger partial charge in [-0.2, -0.15) is 0 Å². The molecule has 3 aromatic heterocycles. The van der Waals surface area contributed by atoms with Crippen molar-refractivity contribution in [3.05, 3.63) is 66.6 Å². The number of nitrogens with zero attached hydrogens (tertiary/aromatic N) is 4. The lowest BCUT2D eigenvalue weighted by Gasteiger charge is -2.12. The molecular weight excluding hydrogens is 440 g/mol. The first-order valence-electron chi connectivity index (χ1n) is 10.2. The van der Waals surface area contributed by atoms with Gasteiger partial charge >= 0.3 is 0 Å². The summed E-state index contributed by atoms with van der Waals surface area (Å²) in [6.45, 7) is 1.91. The Kier molecular flexibility index (Phi) is 4.86. The summed E-state index contributed by atoms with van der Waals surface area (Å²) in [6, 6.07) is 14.2. The van der Waals surface area contributed by atoms with Gasteiger partial charge in [0.25, 0.3) is 10.0 Å². The van der Waals surface area contributed by atoms with E-state index in [1.165, 1.54) is 17.4 Å². The molecule has 0 amide bonds. The zero-order valence-corrected chi connectivity index (χ0v) is 19.4. The maximum absolute atomic E-state index is 13.9. The average Bonchev–Trinajstić information content (AvgIpc) is 3.37. The third-order valence-corrected chi connectivity index (χ3v) is 7.46. The Bertz CT molecular complexity index is 1620. The predicted molar refractivity (Wildman–Crippen MR) is 126 cm³/mol. The van der Waals surface area contributed by atoms with E-state index in [2.05, 4.69) is 9.97 Å². The van der Waals surface area contributed by atoms with Crippen LogP contribution in [0.3, 0.4) is 0 Å². The molecule has 0 aliphatic rings. The van der Waals surface area contributed by atoms with Crippen molar-refractivity contribution < 1.29 is 17.9 Å². The Hall–Kier alpha value is -3.85. The van der Waals surface area contributed by atoms with Gasteiger partial charge in [0.1, 0.15) is 12.1 Å². The van der Waals surface area contributed by atoms with Crippen LogP contribution in [0.4, 0.5) is 0 Å². The number of methoxy groups -OCH3 is 2. The smallest absolute Gasteiger partial charge is 0.269 e. The van der Waals surface area contributed by atoms with Crippen molar-refractivity contribution in [3.63, 3.8) is 0 Å². The molecule has 9 heteroatoms. The number of hydrogen-bond donors (Lipinski definition) is 0. The normalized spacial score (nSPS) is 11.9. The second-order valence-electron chi connectivity index (χ2n) is 7.77. The molecule has 5 aromatic rings. The van der Waals surface area contributed by atoms with Crippen molar-refractivity contribution in [2.45, 2.75) is 11.8 Å². The largest absolute Gasteiger partial charge is 0.497 e. The van der Waals surface area contributed by atoms with Crippen LogP contribution in [0.2, 0.25) is 0 Å². The van der Waals surface area contributed by atoms with Gasteiger partial charge in [-0.3, -0.25) is 0 Å². The molecule has 0 saturated carbocycles. The summed E-state index contributed by atoms with van der Waals surface area (Å²) < 4.78 is 41.9. The molecule has 33 heavy (non-hydrogen) atoms. The number of benzene rings is 2. The number of hydrogen-bond acceptors (Lipinski definition) is 6. The lowest BCUT2D eigenvalue weighted by molar-refractivity contribution is 0.402. The monoisotopic (exact) mass is 462 g/mol. The van der Waals surface area contributed by atoms with Gasteiger partial charge in [-0.1, -0.05) is 17.7 Å². The minimum absolute atomic E-state index is 0.169. The summed E-state index contributed by atoms with van der Waals surface area (Å²) in [5.41, 5.74) is 3.34. The van der Waals surface area contributed by atoms with Crippen molar-refractivity contribution in [1.29, 1.82) is 0 Å². The third kappa shape index (κ3) is 3.23. The number of ether oxygens (including phenoxy) is 2. The van der Waals surface area contributed by atoms with Crippen LogP contribution in [0, 0.1) is 6.92 Å². The average molecular weight is 463 g/mol. The predicted octanol–water partition coefficient (Wildman–Crippen LogP) is 4.15. The summed E-state index contributed by atoms with van der Waals surface area (Å²) in [6.07, 6.45) is 3.21. The molecule has 5 rings (SSSR count). The Morgan fingerprint density at radius 3 is 2.36 bits per heavy atom. The summed E-state index contributed by atoms with van der Waals surface area (Å²) >= 11 is 0. The first-order chi connectivity index (χ1) is 15.8. The standard InChI is InChI=1S/C24H22N4O4S/c1-15-5-8-17(9-6-15)33(29,30)28-22(12-19-23(28)25-14-26-24(19)32-4)20-13-27(2)21-10-7-16(31-3)11-18(20)21/h5-14H,1-4H3. The van der Waals surface area contributed by atoms with Crippen molar-refractivity contribution in [3.8, 4) is 22.9 Å². The highest BCUT2D eigenvalue weighted by atomic mass is 32.2. The molecule has 0 bridgehead atoms. The maximum atomic E-state index is 13.9. The van der Waals surface area contributed by atoms with Crippen LogP contribution in [0.25, 0.3) is 33.2 Å². The number of fused-ring (bicyclic) bond motifs is 2. The van der Waals surface area contributed by atoms with Crippen LogP contribution in [0.1, 0.15) is 5.56 Å². The fourth-order valence-corrected chi connectivity index (χ4v) is 5.55. The lowest BCUT2D eigenvalue weighted by Crippen LogP contribution is -2.14. The molecule has 0 aliphatic heterocycles. The first-order valence-corrected chi connectivity index (χ1v) is 11.7. The van der Waals surface area contributed by atoms with Gasteiger partial charge in [-0.25, -0.2) is 22.4 Å². The Labute approximate surface area is 191 Å². The van der Waals surface area contributed by atoms with Crippen LogP contribution in [-0.2, 0) is 17.1 Å². The van der Waals surface area contributed by atoms with Crippen LogP contribution >= 0.6 is 0 Å². The maximum Gasteiger partial charge on any atom is 0.269 e.